The van der Waals surface area contributed by atoms with E-state index in [0.29, 0.717) is 12.2 Å². The van der Waals surface area contributed by atoms with Crippen molar-refractivity contribution in [1.82, 2.24) is 15.4 Å². The maximum atomic E-state index is 12.5. The molecule has 142 valence electrons. The average Bonchev–Trinajstić information content (AvgIpc) is 3.15. The number of rotatable bonds is 7. The quantitative estimate of drug-likeness (QED) is 0.799. The smallest absolute Gasteiger partial charge is 0.417 e. The van der Waals surface area contributed by atoms with Gasteiger partial charge in [-0.05, 0) is 25.8 Å². The van der Waals surface area contributed by atoms with Gasteiger partial charge < -0.3 is 14.6 Å². The second-order valence-corrected chi connectivity index (χ2v) is 6.39. The van der Waals surface area contributed by atoms with Gasteiger partial charge in [0.15, 0.2) is 6.61 Å². The zero-order valence-electron chi connectivity index (χ0n) is 15.2. The molecule has 1 fully saturated rings. The molecular weight excluding hydrogens is 350 g/mol. The SMILES string of the molecule is Cc1noc(C)c1CCC(=O)N[C@@H](CN1C(=O)COC1=O)c1ccccc1. The molecule has 0 aliphatic carbocycles. The summed E-state index contributed by atoms with van der Waals surface area (Å²) < 4.78 is 9.86. The minimum absolute atomic E-state index is 0.0265. The van der Waals surface area contributed by atoms with Crippen LogP contribution in [-0.4, -0.2) is 41.1 Å². The molecule has 1 N–H and O–H groups in total. The summed E-state index contributed by atoms with van der Waals surface area (Å²) >= 11 is 0. The van der Waals surface area contributed by atoms with Gasteiger partial charge in [-0.3, -0.25) is 9.59 Å². The van der Waals surface area contributed by atoms with Gasteiger partial charge in [-0.25, -0.2) is 9.69 Å². The first kappa shape index (κ1) is 18.6. The number of hydrogen-bond acceptors (Lipinski definition) is 6. The summed E-state index contributed by atoms with van der Waals surface area (Å²) in [5, 5.41) is 6.80. The standard InChI is InChI=1S/C19H21N3O5/c1-12-15(13(2)27-21-12)8-9-17(23)20-16(14-6-4-3-5-7-14)10-22-18(24)11-26-19(22)25/h3-7,16H,8-11H2,1-2H3,(H,20,23)/t16-/m0/s1. The highest BCUT2D eigenvalue weighted by molar-refractivity contribution is 5.97. The fraction of sp³-hybridized carbons (Fsp3) is 0.368. The number of aryl methyl sites for hydroxylation is 2. The molecular formula is C19H21N3O5. The highest BCUT2D eigenvalue weighted by atomic mass is 16.6. The number of carbonyl (C=O) groups excluding carboxylic acids is 3. The van der Waals surface area contributed by atoms with Gasteiger partial charge >= 0.3 is 6.09 Å². The van der Waals surface area contributed by atoms with Crippen molar-refractivity contribution in [3.05, 3.63) is 52.9 Å². The van der Waals surface area contributed by atoms with Gasteiger partial charge in [0.2, 0.25) is 5.91 Å². The molecule has 1 aliphatic rings. The second-order valence-electron chi connectivity index (χ2n) is 6.39. The fourth-order valence-electron chi connectivity index (χ4n) is 3.02. The summed E-state index contributed by atoms with van der Waals surface area (Å²) in [6, 6.07) is 8.69. The van der Waals surface area contributed by atoms with E-state index in [1.165, 1.54) is 0 Å². The van der Waals surface area contributed by atoms with Crippen molar-refractivity contribution in [2.75, 3.05) is 13.2 Å². The van der Waals surface area contributed by atoms with E-state index >= 15 is 0 Å². The van der Waals surface area contributed by atoms with Gasteiger partial charge in [-0.1, -0.05) is 35.5 Å². The first-order valence-corrected chi connectivity index (χ1v) is 8.69. The van der Waals surface area contributed by atoms with Crippen molar-refractivity contribution in [3.8, 4) is 0 Å². The Bertz CT molecular complexity index is 811. The van der Waals surface area contributed by atoms with Crippen LogP contribution in [-0.2, 0) is 20.7 Å². The fourth-order valence-corrected chi connectivity index (χ4v) is 3.02. The summed E-state index contributed by atoms with van der Waals surface area (Å²) in [4.78, 5) is 37.1. The second kappa shape index (κ2) is 8.03. The zero-order valence-corrected chi connectivity index (χ0v) is 15.2. The lowest BCUT2D eigenvalue weighted by atomic mass is 10.0. The number of amides is 3. The number of aromatic nitrogens is 1. The van der Waals surface area contributed by atoms with Crippen molar-refractivity contribution in [1.29, 1.82) is 0 Å². The third-order valence-corrected chi connectivity index (χ3v) is 4.53. The minimum Gasteiger partial charge on any atom is -0.439 e. The normalized spacial score (nSPS) is 15.0. The molecule has 1 aliphatic heterocycles. The molecule has 0 radical (unpaired) electrons. The van der Waals surface area contributed by atoms with E-state index in [-0.39, 0.29) is 25.5 Å². The lowest BCUT2D eigenvalue weighted by molar-refractivity contribution is -0.127. The minimum atomic E-state index is -0.689. The maximum absolute atomic E-state index is 12.5. The van der Waals surface area contributed by atoms with E-state index in [1.54, 1.807) is 0 Å². The third kappa shape index (κ3) is 4.33. The average molecular weight is 371 g/mol. The Kier molecular flexibility index (Phi) is 5.54. The number of nitrogens with one attached hydrogen (secondary N) is 1. The van der Waals surface area contributed by atoms with Gasteiger partial charge in [0.25, 0.3) is 5.91 Å². The van der Waals surface area contributed by atoms with E-state index in [2.05, 4.69) is 10.5 Å². The molecule has 27 heavy (non-hydrogen) atoms. The van der Waals surface area contributed by atoms with Crippen molar-refractivity contribution >= 4 is 17.9 Å². The zero-order chi connectivity index (χ0) is 19.4. The van der Waals surface area contributed by atoms with Crippen molar-refractivity contribution in [3.63, 3.8) is 0 Å². The predicted octanol–water partition coefficient (Wildman–Crippen LogP) is 2.06. The number of imide groups is 1. The highest BCUT2D eigenvalue weighted by Crippen LogP contribution is 2.19. The lowest BCUT2D eigenvalue weighted by Gasteiger charge is -2.22. The Morgan fingerprint density at radius 1 is 1.26 bits per heavy atom. The van der Waals surface area contributed by atoms with Crippen LogP contribution >= 0.6 is 0 Å². The number of hydrogen-bond donors (Lipinski definition) is 1. The number of nitrogens with zero attached hydrogens (tertiary/aromatic N) is 2. The number of benzene rings is 1. The van der Waals surface area contributed by atoms with E-state index in [9.17, 15) is 14.4 Å². The van der Waals surface area contributed by atoms with Crippen LogP contribution in [0.5, 0.6) is 0 Å². The predicted molar refractivity (Wildman–Crippen MR) is 94.7 cm³/mol. The molecule has 1 aromatic carbocycles. The molecule has 2 aromatic rings. The van der Waals surface area contributed by atoms with Crippen LogP contribution < -0.4 is 5.32 Å². The Morgan fingerprint density at radius 2 is 2.00 bits per heavy atom. The number of cyclic esters (lactones) is 1. The van der Waals surface area contributed by atoms with Crippen molar-refractivity contribution < 1.29 is 23.6 Å². The summed E-state index contributed by atoms with van der Waals surface area (Å²) in [5.74, 6) is 0.0973. The Hall–Kier alpha value is -3.16. The largest absolute Gasteiger partial charge is 0.439 e. The van der Waals surface area contributed by atoms with Crippen LogP contribution in [0.1, 0.15) is 35.0 Å². The summed E-state index contributed by atoms with van der Waals surface area (Å²) in [7, 11) is 0. The molecule has 8 heteroatoms. The van der Waals surface area contributed by atoms with Crippen LogP contribution in [0, 0.1) is 13.8 Å². The molecule has 0 bridgehead atoms. The van der Waals surface area contributed by atoms with Crippen LogP contribution in [0.4, 0.5) is 4.79 Å². The van der Waals surface area contributed by atoms with Crippen LogP contribution in [0.2, 0.25) is 0 Å². The van der Waals surface area contributed by atoms with Gasteiger partial charge in [0, 0.05) is 12.0 Å². The van der Waals surface area contributed by atoms with E-state index in [4.69, 9.17) is 9.26 Å². The van der Waals surface area contributed by atoms with Crippen LogP contribution in [0.3, 0.4) is 0 Å². The third-order valence-electron chi connectivity index (χ3n) is 4.53. The van der Waals surface area contributed by atoms with E-state index in [0.717, 1.165) is 21.7 Å². The topological polar surface area (TPSA) is 102 Å². The monoisotopic (exact) mass is 371 g/mol. The maximum Gasteiger partial charge on any atom is 0.417 e. The number of carbonyl (C=O) groups is 3. The summed E-state index contributed by atoms with van der Waals surface area (Å²) in [6.45, 7) is 3.41. The van der Waals surface area contributed by atoms with Crippen molar-refractivity contribution in [2.45, 2.75) is 32.7 Å². The molecule has 2 heterocycles. The molecule has 3 amide bonds. The van der Waals surface area contributed by atoms with Gasteiger partial charge in [-0.2, -0.15) is 0 Å². The molecule has 0 spiro atoms. The summed E-state index contributed by atoms with van der Waals surface area (Å²) in [5.41, 5.74) is 2.49. The van der Waals surface area contributed by atoms with Gasteiger partial charge in [0.05, 0.1) is 18.3 Å². The van der Waals surface area contributed by atoms with Crippen LogP contribution in [0.25, 0.3) is 0 Å². The lowest BCUT2D eigenvalue weighted by Crippen LogP contribution is -2.40. The molecule has 1 aromatic heterocycles. The Morgan fingerprint density at radius 3 is 2.59 bits per heavy atom. The molecule has 3 rings (SSSR count). The molecule has 0 unspecified atom stereocenters. The highest BCUT2D eigenvalue weighted by Gasteiger charge is 2.33. The molecule has 1 atom stereocenters. The van der Waals surface area contributed by atoms with Crippen LogP contribution in [0.15, 0.2) is 34.9 Å². The first-order chi connectivity index (χ1) is 13.0. The van der Waals surface area contributed by atoms with Gasteiger partial charge in [-0.15, -0.1) is 0 Å². The Labute approximate surface area is 156 Å². The first-order valence-electron chi connectivity index (χ1n) is 8.69. The summed E-state index contributed by atoms with van der Waals surface area (Å²) in [6.07, 6.45) is 0.0509. The van der Waals surface area contributed by atoms with E-state index in [1.807, 2.05) is 44.2 Å². The molecule has 8 nitrogen and oxygen atoms in total. The van der Waals surface area contributed by atoms with Crippen molar-refractivity contribution in [2.24, 2.45) is 0 Å². The van der Waals surface area contributed by atoms with Gasteiger partial charge in [0.1, 0.15) is 5.76 Å². The van der Waals surface area contributed by atoms with E-state index < -0.39 is 18.0 Å². The number of ether oxygens (including phenoxy) is 1. The molecule has 0 saturated carbocycles. The Balaban J connectivity index is 1.68. The molecule has 1 saturated heterocycles.